The molecule has 1 aromatic heterocycles. The SMILES string of the molecule is CCCc1c(C(=O)OC)nnn1CC(=O)NCCC(C)C. The molecule has 0 saturated heterocycles. The van der Waals surface area contributed by atoms with Crippen molar-refractivity contribution in [2.45, 2.75) is 46.6 Å². The summed E-state index contributed by atoms with van der Waals surface area (Å²) in [6, 6.07) is 0. The molecule has 0 fully saturated rings. The zero-order chi connectivity index (χ0) is 15.8. The highest BCUT2D eigenvalue weighted by Gasteiger charge is 2.20. The summed E-state index contributed by atoms with van der Waals surface area (Å²) in [4.78, 5) is 23.5. The van der Waals surface area contributed by atoms with Crippen molar-refractivity contribution in [1.82, 2.24) is 20.3 Å². The van der Waals surface area contributed by atoms with Crippen molar-refractivity contribution >= 4 is 11.9 Å². The van der Waals surface area contributed by atoms with E-state index in [1.54, 1.807) is 0 Å². The van der Waals surface area contributed by atoms with Gasteiger partial charge < -0.3 is 10.1 Å². The van der Waals surface area contributed by atoms with Crippen molar-refractivity contribution in [2.75, 3.05) is 13.7 Å². The first-order valence-electron chi connectivity index (χ1n) is 7.26. The van der Waals surface area contributed by atoms with Crippen LogP contribution < -0.4 is 5.32 Å². The molecule has 7 nitrogen and oxygen atoms in total. The second kappa shape index (κ2) is 8.39. The second-order valence-electron chi connectivity index (χ2n) is 5.32. The molecule has 0 radical (unpaired) electrons. The van der Waals surface area contributed by atoms with Crippen molar-refractivity contribution in [3.63, 3.8) is 0 Å². The summed E-state index contributed by atoms with van der Waals surface area (Å²) in [5, 5.41) is 10.6. The first kappa shape index (κ1) is 17.1. The summed E-state index contributed by atoms with van der Waals surface area (Å²) in [5.74, 6) is -0.113. The number of nitrogens with one attached hydrogen (secondary N) is 1. The fourth-order valence-corrected chi connectivity index (χ4v) is 1.89. The second-order valence-corrected chi connectivity index (χ2v) is 5.32. The van der Waals surface area contributed by atoms with Gasteiger partial charge in [-0.25, -0.2) is 9.48 Å². The van der Waals surface area contributed by atoms with Crippen LogP contribution in [0.2, 0.25) is 0 Å². The summed E-state index contributed by atoms with van der Waals surface area (Å²) in [7, 11) is 1.30. The van der Waals surface area contributed by atoms with Crippen LogP contribution in [0.4, 0.5) is 0 Å². The Labute approximate surface area is 125 Å². The highest BCUT2D eigenvalue weighted by Crippen LogP contribution is 2.09. The third-order valence-electron chi connectivity index (χ3n) is 3.04. The first-order chi connectivity index (χ1) is 9.99. The molecule has 0 spiro atoms. The number of methoxy groups -OCH3 is 1. The van der Waals surface area contributed by atoms with Crippen LogP contribution >= 0.6 is 0 Å². The summed E-state index contributed by atoms with van der Waals surface area (Å²) in [5.41, 5.74) is 0.831. The predicted molar refractivity (Wildman–Crippen MR) is 77.8 cm³/mol. The van der Waals surface area contributed by atoms with Gasteiger partial charge in [-0.2, -0.15) is 0 Å². The lowest BCUT2D eigenvalue weighted by molar-refractivity contribution is -0.121. The normalized spacial score (nSPS) is 10.7. The molecule has 1 N–H and O–H groups in total. The predicted octanol–water partition coefficient (Wildman–Crippen LogP) is 1.18. The maximum atomic E-state index is 11.9. The molecule has 0 unspecified atom stereocenters. The molecule has 1 heterocycles. The molecule has 0 aliphatic carbocycles. The van der Waals surface area contributed by atoms with Gasteiger partial charge >= 0.3 is 5.97 Å². The van der Waals surface area contributed by atoms with Crippen molar-refractivity contribution in [3.05, 3.63) is 11.4 Å². The summed E-state index contributed by atoms with van der Waals surface area (Å²) >= 11 is 0. The Morgan fingerprint density at radius 1 is 1.38 bits per heavy atom. The molecule has 118 valence electrons. The van der Waals surface area contributed by atoms with Gasteiger partial charge in [0.1, 0.15) is 6.54 Å². The molecule has 1 amide bonds. The van der Waals surface area contributed by atoms with Crippen molar-refractivity contribution in [2.24, 2.45) is 5.92 Å². The first-order valence-corrected chi connectivity index (χ1v) is 7.26. The van der Waals surface area contributed by atoms with Gasteiger partial charge in [-0.1, -0.05) is 32.4 Å². The molecular weight excluding hydrogens is 272 g/mol. The van der Waals surface area contributed by atoms with E-state index in [2.05, 4.69) is 34.2 Å². The average Bonchev–Trinajstić information content (AvgIpc) is 2.81. The Balaban J connectivity index is 2.71. The number of aromatic nitrogens is 3. The number of amides is 1. The zero-order valence-corrected chi connectivity index (χ0v) is 13.2. The summed E-state index contributed by atoms with van der Waals surface area (Å²) in [6.45, 7) is 6.90. The van der Waals surface area contributed by atoms with Gasteiger partial charge in [0.25, 0.3) is 0 Å². The molecule has 0 bridgehead atoms. The van der Waals surface area contributed by atoms with Gasteiger partial charge in [0.2, 0.25) is 5.91 Å². The maximum absolute atomic E-state index is 11.9. The van der Waals surface area contributed by atoms with Crippen LogP contribution in [-0.2, 0) is 22.5 Å². The summed E-state index contributed by atoms with van der Waals surface area (Å²) < 4.78 is 6.15. The van der Waals surface area contributed by atoms with Crippen molar-refractivity contribution in [1.29, 1.82) is 0 Å². The number of ether oxygens (including phenoxy) is 1. The van der Waals surface area contributed by atoms with Crippen molar-refractivity contribution in [3.8, 4) is 0 Å². The number of hydrogen-bond acceptors (Lipinski definition) is 5. The van der Waals surface area contributed by atoms with E-state index in [1.165, 1.54) is 11.8 Å². The van der Waals surface area contributed by atoms with Gasteiger partial charge in [-0.05, 0) is 18.8 Å². The Morgan fingerprint density at radius 3 is 2.67 bits per heavy atom. The van der Waals surface area contributed by atoms with E-state index in [1.807, 2.05) is 6.92 Å². The number of nitrogens with zero attached hydrogens (tertiary/aromatic N) is 3. The standard InChI is InChI=1S/C14H24N4O3/c1-5-6-11-13(14(20)21-4)16-17-18(11)9-12(19)15-8-7-10(2)3/h10H,5-9H2,1-4H3,(H,15,19). The lowest BCUT2D eigenvalue weighted by Crippen LogP contribution is -2.30. The highest BCUT2D eigenvalue weighted by molar-refractivity contribution is 5.88. The van der Waals surface area contributed by atoms with Crippen LogP contribution in [0.25, 0.3) is 0 Å². The molecule has 0 aromatic carbocycles. The van der Waals surface area contributed by atoms with E-state index < -0.39 is 5.97 Å². The Morgan fingerprint density at radius 2 is 2.10 bits per heavy atom. The number of carbonyl (C=O) groups excluding carboxylic acids is 2. The largest absolute Gasteiger partial charge is 0.464 e. The molecule has 0 saturated carbocycles. The van der Waals surface area contributed by atoms with Gasteiger partial charge in [-0.15, -0.1) is 5.10 Å². The number of esters is 1. The summed E-state index contributed by atoms with van der Waals surface area (Å²) in [6.07, 6.45) is 2.38. The molecule has 0 aliphatic heterocycles. The molecule has 1 aromatic rings. The molecule has 7 heteroatoms. The molecule has 1 rings (SSSR count). The third-order valence-corrected chi connectivity index (χ3v) is 3.04. The van der Waals surface area contributed by atoms with Gasteiger partial charge in [0.15, 0.2) is 5.69 Å². The maximum Gasteiger partial charge on any atom is 0.360 e. The zero-order valence-electron chi connectivity index (χ0n) is 13.2. The van der Waals surface area contributed by atoms with Crippen molar-refractivity contribution < 1.29 is 14.3 Å². The number of hydrogen-bond donors (Lipinski definition) is 1. The van der Waals surface area contributed by atoms with Crippen LogP contribution in [0.3, 0.4) is 0 Å². The van der Waals surface area contributed by atoms with E-state index in [0.29, 0.717) is 24.6 Å². The topological polar surface area (TPSA) is 86.1 Å². The van der Waals surface area contributed by atoms with Gasteiger partial charge in [0.05, 0.1) is 12.8 Å². The lowest BCUT2D eigenvalue weighted by atomic mass is 10.1. The minimum absolute atomic E-state index is 0.0669. The minimum atomic E-state index is -0.523. The van der Waals surface area contributed by atoms with E-state index in [0.717, 1.165) is 12.8 Å². The van der Waals surface area contributed by atoms with Gasteiger partial charge in [0, 0.05) is 6.54 Å². The van der Waals surface area contributed by atoms with E-state index >= 15 is 0 Å². The fourth-order valence-electron chi connectivity index (χ4n) is 1.89. The third kappa shape index (κ3) is 5.17. The van der Waals surface area contributed by atoms with E-state index in [4.69, 9.17) is 0 Å². The van der Waals surface area contributed by atoms with Gasteiger partial charge in [-0.3, -0.25) is 4.79 Å². The van der Waals surface area contributed by atoms with Crippen LogP contribution in [0, 0.1) is 5.92 Å². The number of carbonyl (C=O) groups is 2. The monoisotopic (exact) mass is 296 g/mol. The molecule has 0 aliphatic rings. The van der Waals surface area contributed by atoms with Crippen LogP contribution in [0.1, 0.15) is 49.8 Å². The number of rotatable bonds is 8. The smallest absolute Gasteiger partial charge is 0.360 e. The van der Waals surface area contributed by atoms with Crippen LogP contribution in [0.15, 0.2) is 0 Å². The minimum Gasteiger partial charge on any atom is -0.464 e. The highest BCUT2D eigenvalue weighted by atomic mass is 16.5. The Kier molecular flexibility index (Phi) is 6.84. The Hall–Kier alpha value is -1.92. The van der Waals surface area contributed by atoms with Crippen LogP contribution in [0.5, 0.6) is 0 Å². The Bertz CT molecular complexity index is 483. The molecular formula is C14H24N4O3. The fraction of sp³-hybridized carbons (Fsp3) is 0.714. The average molecular weight is 296 g/mol. The van der Waals surface area contributed by atoms with E-state index in [-0.39, 0.29) is 18.1 Å². The van der Waals surface area contributed by atoms with Crippen LogP contribution in [-0.4, -0.2) is 40.5 Å². The quantitative estimate of drug-likeness (QED) is 0.728. The lowest BCUT2D eigenvalue weighted by Gasteiger charge is -2.09. The molecule has 0 atom stereocenters. The molecule has 21 heavy (non-hydrogen) atoms. The van der Waals surface area contributed by atoms with E-state index in [9.17, 15) is 9.59 Å².